The number of nitrogens with zero attached hydrogens (tertiary/aromatic N) is 2. The number of carbonyl (C=O) groups is 1. The van der Waals surface area contributed by atoms with Gasteiger partial charge in [0.15, 0.2) is 5.13 Å². The maximum Gasteiger partial charge on any atom is 0.323 e. The van der Waals surface area contributed by atoms with Crippen molar-refractivity contribution in [3.05, 3.63) is 11.1 Å². The predicted octanol–water partition coefficient (Wildman–Crippen LogP) is 3.60. The van der Waals surface area contributed by atoms with Crippen LogP contribution in [0.4, 0.5) is 9.93 Å². The van der Waals surface area contributed by atoms with Gasteiger partial charge in [-0.15, -0.1) is 11.3 Å². The normalized spacial score (nSPS) is 11.1. The Morgan fingerprint density at radius 2 is 1.89 bits per heavy atom. The molecule has 0 aromatic carbocycles. The molecule has 1 rings (SSSR count). The largest absolute Gasteiger partial charge is 0.324 e. The molecule has 0 radical (unpaired) electrons. The quantitative estimate of drug-likeness (QED) is 0.887. The maximum atomic E-state index is 12.2. The fourth-order valence-electron chi connectivity index (χ4n) is 1.70. The highest BCUT2D eigenvalue weighted by molar-refractivity contribution is 7.13. The Morgan fingerprint density at radius 3 is 2.28 bits per heavy atom. The van der Waals surface area contributed by atoms with Crippen molar-refractivity contribution in [3.8, 4) is 0 Å². The van der Waals surface area contributed by atoms with Crippen LogP contribution in [0, 0.1) is 18.8 Å². The van der Waals surface area contributed by atoms with E-state index in [4.69, 9.17) is 0 Å². The summed E-state index contributed by atoms with van der Waals surface area (Å²) in [5.74, 6) is 0.931. The summed E-state index contributed by atoms with van der Waals surface area (Å²) in [7, 11) is 0. The molecular formula is C13H23N3OS. The van der Waals surface area contributed by atoms with Gasteiger partial charge in [0, 0.05) is 18.5 Å². The summed E-state index contributed by atoms with van der Waals surface area (Å²) < 4.78 is 0. The molecule has 0 fully saturated rings. The van der Waals surface area contributed by atoms with Crippen molar-refractivity contribution in [3.63, 3.8) is 0 Å². The third-order valence-corrected chi connectivity index (χ3v) is 3.17. The molecule has 0 saturated heterocycles. The van der Waals surface area contributed by atoms with Gasteiger partial charge in [-0.05, 0) is 18.8 Å². The summed E-state index contributed by atoms with van der Waals surface area (Å²) in [6.07, 6.45) is 0. The number of aromatic nitrogens is 1. The molecule has 0 unspecified atom stereocenters. The Labute approximate surface area is 113 Å². The number of carbonyl (C=O) groups excluding carboxylic acids is 1. The molecule has 4 nitrogen and oxygen atoms in total. The Morgan fingerprint density at radius 1 is 1.33 bits per heavy atom. The van der Waals surface area contributed by atoms with Crippen LogP contribution < -0.4 is 5.32 Å². The maximum absolute atomic E-state index is 12.2. The number of aryl methyl sites for hydroxylation is 1. The van der Waals surface area contributed by atoms with E-state index in [-0.39, 0.29) is 6.03 Å². The molecule has 18 heavy (non-hydrogen) atoms. The zero-order valence-corrected chi connectivity index (χ0v) is 12.7. The SMILES string of the molecule is Cc1csc(NC(=O)N(CC(C)C)CC(C)C)n1. The van der Waals surface area contributed by atoms with Crippen LogP contribution in [-0.2, 0) is 0 Å². The minimum atomic E-state index is -0.0493. The van der Waals surface area contributed by atoms with Crippen molar-refractivity contribution in [1.82, 2.24) is 9.88 Å². The fraction of sp³-hybridized carbons (Fsp3) is 0.692. The first kappa shape index (κ1) is 15.0. The molecule has 5 heteroatoms. The van der Waals surface area contributed by atoms with Crippen LogP contribution in [0.1, 0.15) is 33.4 Å². The van der Waals surface area contributed by atoms with Crippen molar-refractivity contribution in [2.45, 2.75) is 34.6 Å². The van der Waals surface area contributed by atoms with Crippen LogP contribution >= 0.6 is 11.3 Å². The first-order valence-electron chi connectivity index (χ1n) is 6.36. The lowest BCUT2D eigenvalue weighted by molar-refractivity contribution is 0.196. The van der Waals surface area contributed by atoms with E-state index >= 15 is 0 Å². The molecular weight excluding hydrogens is 246 g/mol. The molecule has 0 atom stereocenters. The molecule has 1 aromatic rings. The number of urea groups is 1. The average Bonchev–Trinajstić information content (AvgIpc) is 2.61. The van der Waals surface area contributed by atoms with E-state index < -0.39 is 0 Å². The monoisotopic (exact) mass is 269 g/mol. The molecule has 1 N–H and O–H groups in total. The van der Waals surface area contributed by atoms with E-state index in [0.29, 0.717) is 17.0 Å². The summed E-state index contributed by atoms with van der Waals surface area (Å²) in [5.41, 5.74) is 0.939. The second-order valence-electron chi connectivity index (χ2n) is 5.42. The van der Waals surface area contributed by atoms with Crippen LogP contribution in [0.3, 0.4) is 0 Å². The van der Waals surface area contributed by atoms with E-state index in [9.17, 15) is 4.79 Å². The number of thiazole rings is 1. The lowest BCUT2D eigenvalue weighted by Crippen LogP contribution is -2.39. The molecule has 0 bridgehead atoms. The third-order valence-electron chi connectivity index (χ3n) is 2.29. The van der Waals surface area contributed by atoms with Gasteiger partial charge in [0.05, 0.1) is 5.69 Å². The van der Waals surface area contributed by atoms with Crippen LogP contribution in [0.25, 0.3) is 0 Å². The van der Waals surface area contributed by atoms with Crippen LogP contribution in [0.5, 0.6) is 0 Å². The zero-order valence-electron chi connectivity index (χ0n) is 11.9. The summed E-state index contributed by atoms with van der Waals surface area (Å²) in [6.45, 7) is 11.9. The van der Waals surface area contributed by atoms with Gasteiger partial charge in [-0.3, -0.25) is 5.32 Å². The van der Waals surface area contributed by atoms with E-state index in [0.717, 1.165) is 18.8 Å². The second kappa shape index (κ2) is 6.73. The third kappa shape index (κ3) is 5.04. The van der Waals surface area contributed by atoms with Crippen molar-refractivity contribution < 1.29 is 4.79 Å². The van der Waals surface area contributed by atoms with E-state index in [1.807, 2.05) is 17.2 Å². The summed E-state index contributed by atoms with van der Waals surface area (Å²) in [5, 5.41) is 5.48. The van der Waals surface area contributed by atoms with Crippen molar-refractivity contribution in [2.75, 3.05) is 18.4 Å². The molecule has 0 aliphatic rings. The van der Waals surface area contributed by atoms with E-state index in [2.05, 4.69) is 38.0 Å². The first-order chi connectivity index (χ1) is 8.38. The van der Waals surface area contributed by atoms with Crippen LogP contribution in [0.2, 0.25) is 0 Å². The molecule has 1 aromatic heterocycles. The van der Waals surface area contributed by atoms with Crippen LogP contribution in [0.15, 0.2) is 5.38 Å². The Hall–Kier alpha value is -1.10. The number of amides is 2. The van der Waals surface area contributed by atoms with Gasteiger partial charge in [0.25, 0.3) is 0 Å². The number of anilines is 1. The Bertz CT molecular complexity index is 377. The minimum absolute atomic E-state index is 0.0493. The number of hydrogen-bond donors (Lipinski definition) is 1. The van der Waals surface area contributed by atoms with Crippen molar-refractivity contribution >= 4 is 22.5 Å². The number of nitrogens with one attached hydrogen (secondary N) is 1. The summed E-state index contributed by atoms with van der Waals surface area (Å²) >= 11 is 1.46. The van der Waals surface area contributed by atoms with E-state index in [1.165, 1.54) is 11.3 Å². The van der Waals surface area contributed by atoms with E-state index in [1.54, 1.807) is 0 Å². The predicted molar refractivity (Wildman–Crippen MR) is 77.1 cm³/mol. The van der Waals surface area contributed by atoms with Gasteiger partial charge >= 0.3 is 6.03 Å². The smallest absolute Gasteiger partial charge is 0.323 e. The molecule has 0 aliphatic carbocycles. The number of hydrogen-bond acceptors (Lipinski definition) is 3. The minimum Gasteiger partial charge on any atom is -0.324 e. The fourth-order valence-corrected chi connectivity index (χ4v) is 2.38. The first-order valence-corrected chi connectivity index (χ1v) is 7.24. The molecule has 2 amide bonds. The summed E-state index contributed by atoms with van der Waals surface area (Å²) in [4.78, 5) is 18.3. The van der Waals surface area contributed by atoms with Gasteiger partial charge in [-0.1, -0.05) is 27.7 Å². The second-order valence-corrected chi connectivity index (χ2v) is 6.27. The standard InChI is InChI=1S/C13H23N3OS/c1-9(2)6-16(7-10(3)4)13(17)15-12-14-11(5)8-18-12/h8-10H,6-7H2,1-5H3,(H,14,15,17). The average molecular weight is 269 g/mol. The highest BCUT2D eigenvalue weighted by Crippen LogP contribution is 2.15. The highest BCUT2D eigenvalue weighted by Gasteiger charge is 2.17. The molecule has 0 saturated carbocycles. The highest BCUT2D eigenvalue weighted by atomic mass is 32.1. The van der Waals surface area contributed by atoms with Gasteiger partial charge in [-0.25, -0.2) is 9.78 Å². The molecule has 102 valence electrons. The van der Waals surface area contributed by atoms with Gasteiger partial charge < -0.3 is 4.90 Å². The lowest BCUT2D eigenvalue weighted by Gasteiger charge is -2.26. The van der Waals surface area contributed by atoms with Crippen molar-refractivity contribution in [1.29, 1.82) is 0 Å². The molecule has 0 spiro atoms. The van der Waals surface area contributed by atoms with Crippen molar-refractivity contribution in [2.24, 2.45) is 11.8 Å². The summed E-state index contributed by atoms with van der Waals surface area (Å²) in [6, 6.07) is -0.0493. The topological polar surface area (TPSA) is 45.2 Å². The lowest BCUT2D eigenvalue weighted by atomic mass is 10.1. The Kier molecular flexibility index (Phi) is 5.59. The number of rotatable bonds is 5. The van der Waals surface area contributed by atoms with Crippen LogP contribution in [-0.4, -0.2) is 29.0 Å². The molecule has 1 heterocycles. The van der Waals surface area contributed by atoms with Gasteiger partial charge in [-0.2, -0.15) is 0 Å². The Balaban J connectivity index is 2.63. The zero-order chi connectivity index (χ0) is 13.7. The van der Waals surface area contributed by atoms with Gasteiger partial charge in [0.2, 0.25) is 0 Å². The molecule has 0 aliphatic heterocycles. The van der Waals surface area contributed by atoms with Gasteiger partial charge in [0.1, 0.15) is 0 Å².